The summed E-state index contributed by atoms with van der Waals surface area (Å²) in [6.45, 7) is 2.71. The summed E-state index contributed by atoms with van der Waals surface area (Å²) in [5, 5.41) is -0.261. The Balaban J connectivity index is 1.81. The van der Waals surface area contributed by atoms with Gasteiger partial charge in [0.2, 0.25) is 0 Å². The number of methoxy groups -OCH3 is 1. The molecule has 0 aromatic heterocycles. The number of amides is 2. The maximum atomic E-state index is 12.6. The van der Waals surface area contributed by atoms with Crippen LogP contribution in [-0.4, -0.2) is 29.8 Å². The van der Waals surface area contributed by atoms with E-state index >= 15 is 0 Å². The molecule has 134 valence electrons. The van der Waals surface area contributed by atoms with Crippen LogP contribution in [0.4, 0.5) is 4.79 Å². The average Bonchev–Trinajstić information content (AvgIpc) is 2.91. The van der Waals surface area contributed by atoms with Gasteiger partial charge in [-0.3, -0.25) is 14.5 Å². The monoisotopic (exact) mass is 369 g/mol. The van der Waals surface area contributed by atoms with E-state index in [1.54, 1.807) is 25.3 Å². The predicted molar refractivity (Wildman–Crippen MR) is 102 cm³/mol. The molecule has 0 spiro atoms. The second-order valence-corrected chi connectivity index (χ2v) is 6.59. The molecule has 0 aliphatic carbocycles. The van der Waals surface area contributed by atoms with E-state index in [-0.39, 0.29) is 17.7 Å². The van der Waals surface area contributed by atoms with Gasteiger partial charge in [-0.15, -0.1) is 0 Å². The first-order valence-electron chi connectivity index (χ1n) is 8.22. The van der Waals surface area contributed by atoms with Crippen molar-refractivity contribution in [1.82, 2.24) is 4.90 Å². The lowest BCUT2D eigenvalue weighted by Gasteiger charge is -2.12. The predicted octanol–water partition coefficient (Wildman–Crippen LogP) is 4.33. The number of ether oxygens (including phenoxy) is 2. The van der Waals surface area contributed by atoms with E-state index in [2.05, 4.69) is 0 Å². The molecule has 1 aliphatic heterocycles. The van der Waals surface area contributed by atoms with Crippen LogP contribution in [0.1, 0.15) is 18.1 Å². The maximum absolute atomic E-state index is 12.6. The number of benzene rings is 2. The van der Waals surface area contributed by atoms with E-state index in [0.717, 1.165) is 22.9 Å². The molecule has 1 aliphatic rings. The quantitative estimate of drug-likeness (QED) is 0.710. The molecular formula is C20H19NO4S. The largest absolute Gasteiger partial charge is 0.493 e. The van der Waals surface area contributed by atoms with Gasteiger partial charge < -0.3 is 9.47 Å². The van der Waals surface area contributed by atoms with Crippen molar-refractivity contribution in [2.45, 2.75) is 13.5 Å². The lowest BCUT2D eigenvalue weighted by atomic mass is 10.1. The fourth-order valence-electron chi connectivity index (χ4n) is 2.60. The molecule has 0 bridgehead atoms. The van der Waals surface area contributed by atoms with Crippen molar-refractivity contribution in [1.29, 1.82) is 0 Å². The second-order valence-electron chi connectivity index (χ2n) is 5.60. The summed E-state index contributed by atoms with van der Waals surface area (Å²) >= 11 is 0.950. The minimum absolute atomic E-state index is 0.261. The fourth-order valence-corrected chi connectivity index (χ4v) is 3.44. The third-order valence-corrected chi connectivity index (χ3v) is 4.75. The molecule has 5 nitrogen and oxygen atoms in total. The van der Waals surface area contributed by atoms with E-state index in [4.69, 9.17) is 9.47 Å². The van der Waals surface area contributed by atoms with Gasteiger partial charge in [0.05, 0.1) is 25.2 Å². The molecule has 0 saturated carbocycles. The van der Waals surface area contributed by atoms with Gasteiger partial charge in [-0.2, -0.15) is 0 Å². The summed E-state index contributed by atoms with van der Waals surface area (Å²) < 4.78 is 10.8. The normalized spacial score (nSPS) is 15.6. The number of rotatable bonds is 6. The lowest BCUT2D eigenvalue weighted by Crippen LogP contribution is -2.27. The minimum Gasteiger partial charge on any atom is -0.493 e. The Bertz CT molecular complexity index is 848. The molecule has 0 unspecified atom stereocenters. The summed E-state index contributed by atoms with van der Waals surface area (Å²) in [7, 11) is 1.56. The Morgan fingerprint density at radius 3 is 2.54 bits per heavy atom. The van der Waals surface area contributed by atoms with Crippen LogP contribution in [0.2, 0.25) is 0 Å². The van der Waals surface area contributed by atoms with Crippen LogP contribution >= 0.6 is 11.8 Å². The number of carbonyl (C=O) groups excluding carboxylic acids is 2. The summed E-state index contributed by atoms with van der Waals surface area (Å²) in [5.41, 5.74) is 1.69. The molecule has 0 radical (unpaired) electrons. The number of carbonyl (C=O) groups is 2. The Labute approximate surface area is 156 Å². The van der Waals surface area contributed by atoms with Crippen molar-refractivity contribution >= 4 is 29.0 Å². The third kappa shape index (κ3) is 3.91. The topological polar surface area (TPSA) is 55.8 Å². The third-order valence-electron chi connectivity index (χ3n) is 3.84. The Hall–Kier alpha value is -2.73. The number of imide groups is 1. The molecule has 2 aromatic carbocycles. The van der Waals surface area contributed by atoms with Crippen molar-refractivity contribution in [2.75, 3.05) is 13.7 Å². The number of hydrogen-bond acceptors (Lipinski definition) is 5. The standard InChI is InChI=1S/C20H19NO4S/c1-3-25-16-10-9-15(11-17(16)24-2)12-18-19(22)21(20(23)26-18)13-14-7-5-4-6-8-14/h4-12H,3,13H2,1-2H3/b18-12-. The highest BCUT2D eigenvalue weighted by Crippen LogP contribution is 2.35. The van der Waals surface area contributed by atoms with Crippen LogP contribution in [0.25, 0.3) is 6.08 Å². The molecule has 2 aromatic rings. The van der Waals surface area contributed by atoms with Crippen LogP contribution in [0.5, 0.6) is 11.5 Å². The van der Waals surface area contributed by atoms with E-state index in [9.17, 15) is 9.59 Å². The summed E-state index contributed by atoms with van der Waals surface area (Å²) in [6.07, 6.45) is 1.70. The Morgan fingerprint density at radius 2 is 1.85 bits per heavy atom. The maximum Gasteiger partial charge on any atom is 0.293 e. The fraction of sp³-hybridized carbons (Fsp3) is 0.200. The van der Waals surface area contributed by atoms with Crippen LogP contribution in [0.3, 0.4) is 0 Å². The van der Waals surface area contributed by atoms with Gasteiger partial charge in [0.25, 0.3) is 11.1 Å². The summed E-state index contributed by atoms with van der Waals surface area (Å²) in [4.78, 5) is 26.5. The molecular weight excluding hydrogens is 350 g/mol. The second kappa shape index (κ2) is 8.10. The Kier molecular flexibility index (Phi) is 5.63. The SMILES string of the molecule is CCOc1ccc(/C=C2\SC(=O)N(Cc3ccccc3)C2=O)cc1OC. The highest BCUT2D eigenvalue weighted by molar-refractivity contribution is 8.18. The zero-order valence-corrected chi connectivity index (χ0v) is 15.4. The zero-order chi connectivity index (χ0) is 18.5. The van der Waals surface area contributed by atoms with Gasteiger partial charge in [-0.05, 0) is 48.0 Å². The van der Waals surface area contributed by atoms with Gasteiger partial charge in [-0.25, -0.2) is 0 Å². The van der Waals surface area contributed by atoms with Crippen LogP contribution in [-0.2, 0) is 11.3 Å². The number of hydrogen-bond donors (Lipinski definition) is 0. The van der Waals surface area contributed by atoms with E-state index in [0.29, 0.717) is 23.0 Å². The first kappa shape index (κ1) is 18.1. The summed E-state index contributed by atoms with van der Waals surface area (Å²) in [6, 6.07) is 14.9. The van der Waals surface area contributed by atoms with Crippen LogP contribution in [0.15, 0.2) is 53.4 Å². The molecule has 2 amide bonds. The van der Waals surface area contributed by atoms with Crippen molar-refractivity contribution in [2.24, 2.45) is 0 Å². The minimum atomic E-state index is -0.281. The molecule has 0 N–H and O–H groups in total. The number of thioether (sulfide) groups is 1. The van der Waals surface area contributed by atoms with E-state index in [1.807, 2.05) is 43.3 Å². The highest BCUT2D eigenvalue weighted by Gasteiger charge is 2.34. The van der Waals surface area contributed by atoms with Gasteiger partial charge in [-0.1, -0.05) is 36.4 Å². The van der Waals surface area contributed by atoms with Crippen molar-refractivity contribution in [3.63, 3.8) is 0 Å². The molecule has 0 atom stereocenters. The molecule has 3 rings (SSSR count). The molecule has 1 heterocycles. The Morgan fingerprint density at radius 1 is 1.08 bits per heavy atom. The van der Waals surface area contributed by atoms with Crippen LogP contribution < -0.4 is 9.47 Å². The molecule has 1 saturated heterocycles. The average molecular weight is 369 g/mol. The van der Waals surface area contributed by atoms with Gasteiger partial charge >= 0.3 is 0 Å². The van der Waals surface area contributed by atoms with Gasteiger partial charge in [0.15, 0.2) is 11.5 Å². The van der Waals surface area contributed by atoms with E-state index < -0.39 is 0 Å². The van der Waals surface area contributed by atoms with Gasteiger partial charge in [0.1, 0.15) is 0 Å². The highest BCUT2D eigenvalue weighted by atomic mass is 32.2. The van der Waals surface area contributed by atoms with Crippen molar-refractivity contribution in [3.8, 4) is 11.5 Å². The lowest BCUT2D eigenvalue weighted by molar-refractivity contribution is -0.123. The van der Waals surface area contributed by atoms with E-state index in [1.165, 1.54) is 4.90 Å². The van der Waals surface area contributed by atoms with Gasteiger partial charge in [0, 0.05) is 0 Å². The molecule has 26 heavy (non-hydrogen) atoms. The van der Waals surface area contributed by atoms with Crippen LogP contribution in [0, 0.1) is 0 Å². The number of nitrogens with zero attached hydrogens (tertiary/aromatic N) is 1. The smallest absolute Gasteiger partial charge is 0.293 e. The first-order chi connectivity index (χ1) is 12.6. The van der Waals surface area contributed by atoms with Crippen molar-refractivity contribution < 1.29 is 19.1 Å². The summed E-state index contributed by atoms with van der Waals surface area (Å²) in [5.74, 6) is 0.949. The molecule has 6 heteroatoms. The van der Waals surface area contributed by atoms with Crippen molar-refractivity contribution in [3.05, 3.63) is 64.6 Å². The first-order valence-corrected chi connectivity index (χ1v) is 9.04. The zero-order valence-electron chi connectivity index (χ0n) is 14.6. The molecule has 1 fully saturated rings.